The topological polar surface area (TPSA) is 163 Å². The van der Waals surface area contributed by atoms with Crippen molar-refractivity contribution in [1.82, 2.24) is 15.0 Å². The number of esters is 1. The summed E-state index contributed by atoms with van der Waals surface area (Å²) in [7, 11) is 1.53. The standard InChI is InChI=1S/C39H49N3O9/c1-20-12-32(50-36(47)26(20)18-44)21(2)27-7-8-28-25-14-34-39(51-34)35(46)30(15-33(45)38(39,4)29(25)10-11-37(27,28)3)42-16-23(40-41-42)19-49-31-9-6-24(48-5)13-22(31)17-43/h6,9,13,16-17,21,25,27-30,32,34-35,44,46H,7-8,10-12,14-15,18-19H2,1-5H3/t21-,25-,27+,28-,29-,30-,32+,34+,35-,37+,38-,39-/m0/s1. The fraction of sp³-hybridized carbons (Fsp3) is 0.667. The third kappa shape index (κ3) is 4.91. The average molecular weight is 704 g/mol. The van der Waals surface area contributed by atoms with E-state index in [1.54, 1.807) is 29.1 Å². The summed E-state index contributed by atoms with van der Waals surface area (Å²) in [6.45, 7) is 8.38. The summed E-state index contributed by atoms with van der Waals surface area (Å²) in [5.41, 5.74) is 0.440. The summed E-state index contributed by atoms with van der Waals surface area (Å²) >= 11 is 0. The van der Waals surface area contributed by atoms with Gasteiger partial charge in [-0.25, -0.2) is 9.48 Å². The van der Waals surface area contributed by atoms with Gasteiger partial charge in [-0.3, -0.25) is 9.59 Å². The van der Waals surface area contributed by atoms with Crippen molar-refractivity contribution < 1.29 is 43.5 Å². The minimum atomic E-state index is -0.956. The lowest BCUT2D eigenvalue weighted by Gasteiger charge is -2.59. The Labute approximate surface area is 297 Å². The van der Waals surface area contributed by atoms with Crippen molar-refractivity contribution in [2.75, 3.05) is 13.7 Å². The molecule has 1 aromatic carbocycles. The van der Waals surface area contributed by atoms with Gasteiger partial charge in [0.2, 0.25) is 0 Å². The smallest absolute Gasteiger partial charge is 0.336 e. The molecular weight excluding hydrogens is 654 g/mol. The van der Waals surface area contributed by atoms with Crippen molar-refractivity contribution in [3.8, 4) is 11.5 Å². The first-order valence-electron chi connectivity index (χ1n) is 18.5. The minimum Gasteiger partial charge on any atom is -0.497 e. The number of rotatable bonds is 9. The molecule has 274 valence electrons. The molecule has 0 radical (unpaired) electrons. The molecule has 5 fully saturated rings. The van der Waals surface area contributed by atoms with E-state index in [1.165, 1.54) is 7.11 Å². The zero-order valence-corrected chi connectivity index (χ0v) is 30.0. The molecule has 2 N–H and O–H groups in total. The monoisotopic (exact) mass is 703 g/mol. The molecule has 4 saturated carbocycles. The van der Waals surface area contributed by atoms with Gasteiger partial charge in [0.25, 0.3) is 0 Å². The first kappa shape index (κ1) is 34.5. The van der Waals surface area contributed by atoms with Crippen LogP contribution in [0.15, 0.2) is 35.5 Å². The van der Waals surface area contributed by atoms with Crippen LogP contribution in [0.2, 0.25) is 0 Å². The number of fused-ring (bicyclic) bond motifs is 4. The van der Waals surface area contributed by atoms with E-state index in [4.69, 9.17) is 18.9 Å². The van der Waals surface area contributed by atoms with E-state index in [2.05, 4.69) is 31.1 Å². The summed E-state index contributed by atoms with van der Waals surface area (Å²) < 4.78 is 25.1. The summed E-state index contributed by atoms with van der Waals surface area (Å²) in [6.07, 6.45) is 6.62. The molecule has 51 heavy (non-hydrogen) atoms. The molecule has 1 spiro atoms. The maximum absolute atomic E-state index is 14.5. The Morgan fingerprint density at radius 1 is 1.16 bits per heavy atom. The molecular formula is C39H49N3O9. The zero-order valence-electron chi connectivity index (χ0n) is 30.0. The van der Waals surface area contributed by atoms with Crippen LogP contribution >= 0.6 is 0 Å². The average Bonchev–Trinajstić information content (AvgIpc) is 3.48. The van der Waals surface area contributed by atoms with E-state index in [9.17, 15) is 24.6 Å². The molecule has 0 unspecified atom stereocenters. The number of ether oxygens (including phenoxy) is 4. The summed E-state index contributed by atoms with van der Waals surface area (Å²) in [4.78, 5) is 38.8. The third-order valence-electron chi connectivity index (χ3n) is 14.6. The number of cyclic esters (lactones) is 1. The highest BCUT2D eigenvalue weighted by atomic mass is 16.6. The Bertz CT molecular complexity index is 1790. The number of Topliss-reactive ketones (excluding diaryl/α,β-unsaturated/α-hetero) is 1. The van der Waals surface area contributed by atoms with Gasteiger partial charge in [-0.1, -0.05) is 24.6 Å². The quantitative estimate of drug-likeness (QED) is 0.216. The summed E-state index contributed by atoms with van der Waals surface area (Å²) in [5, 5.41) is 30.3. The lowest BCUT2D eigenvalue weighted by atomic mass is 9.43. The van der Waals surface area contributed by atoms with Crippen molar-refractivity contribution in [3.63, 3.8) is 0 Å². The molecule has 6 aliphatic rings. The molecule has 3 heterocycles. The van der Waals surface area contributed by atoms with Crippen LogP contribution in [0.1, 0.15) is 94.7 Å². The summed E-state index contributed by atoms with van der Waals surface area (Å²) in [5.74, 6) is 2.03. The first-order valence-corrected chi connectivity index (χ1v) is 18.5. The van der Waals surface area contributed by atoms with Crippen LogP contribution < -0.4 is 9.47 Å². The van der Waals surface area contributed by atoms with Crippen LogP contribution in [0, 0.1) is 40.4 Å². The van der Waals surface area contributed by atoms with Crippen LogP contribution in [-0.4, -0.2) is 80.9 Å². The Morgan fingerprint density at radius 3 is 2.69 bits per heavy atom. The van der Waals surface area contributed by atoms with Crippen molar-refractivity contribution >= 4 is 18.0 Å². The Kier molecular flexibility index (Phi) is 8.27. The lowest BCUT2D eigenvalue weighted by Crippen LogP contribution is -2.67. The Morgan fingerprint density at radius 2 is 1.96 bits per heavy atom. The van der Waals surface area contributed by atoms with Crippen molar-refractivity contribution in [1.29, 1.82) is 0 Å². The molecule has 2 aromatic rings. The fourth-order valence-corrected chi connectivity index (χ4v) is 11.9. The predicted molar refractivity (Wildman–Crippen MR) is 182 cm³/mol. The molecule has 4 aliphatic carbocycles. The Hall–Kier alpha value is -3.61. The van der Waals surface area contributed by atoms with Gasteiger partial charge in [0, 0.05) is 12.8 Å². The van der Waals surface area contributed by atoms with E-state index >= 15 is 0 Å². The van der Waals surface area contributed by atoms with Crippen molar-refractivity contribution in [2.24, 2.45) is 40.4 Å². The number of methoxy groups -OCH3 is 1. The van der Waals surface area contributed by atoms with Gasteiger partial charge in [-0.2, -0.15) is 0 Å². The van der Waals surface area contributed by atoms with Gasteiger partial charge in [0.1, 0.15) is 47.4 Å². The number of aliphatic hydroxyl groups is 2. The number of aromatic nitrogens is 3. The molecule has 2 aliphatic heterocycles. The molecule has 1 saturated heterocycles. The van der Waals surface area contributed by atoms with Crippen molar-refractivity contribution in [3.05, 3.63) is 46.8 Å². The maximum atomic E-state index is 14.5. The van der Waals surface area contributed by atoms with E-state index in [1.807, 2.05) is 6.92 Å². The SMILES string of the molecule is COc1ccc(OCc2cn([C@H]3CC(=O)[C@]4(C)[C@H]5CC[C@]6(C)[C@@H]([C@H](C)[C@H]7CC(C)=C(CO)C(=O)O7)CC[C@H]6[C@@H]5C[C@H]5O[C@]54[C@H]3O)nn2)c(C=O)c1. The number of hydrogen-bond acceptors (Lipinski definition) is 11. The van der Waals surface area contributed by atoms with Gasteiger partial charge in [0.05, 0.1) is 48.6 Å². The van der Waals surface area contributed by atoms with E-state index in [0.717, 1.165) is 37.7 Å². The molecule has 1 aromatic heterocycles. The number of aldehydes is 1. The van der Waals surface area contributed by atoms with E-state index in [-0.39, 0.29) is 54.9 Å². The number of ketones is 1. The zero-order chi connectivity index (χ0) is 36.0. The number of carbonyl (C=O) groups excluding carboxylic acids is 3. The van der Waals surface area contributed by atoms with E-state index < -0.39 is 29.1 Å². The number of aliphatic hydroxyl groups excluding tert-OH is 2. The minimum absolute atomic E-state index is 0.0451. The first-order chi connectivity index (χ1) is 24.4. The molecule has 12 nitrogen and oxygen atoms in total. The fourth-order valence-electron chi connectivity index (χ4n) is 11.9. The van der Waals surface area contributed by atoms with Gasteiger partial charge in [-0.05, 0) is 99.2 Å². The second-order valence-corrected chi connectivity index (χ2v) is 16.5. The van der Waals surface area contributed by atoms with Gasteiger partial charge >= 0.3 is 5.97 Å². The highest BCUT2D eigenvalue weighted by Gasteiger charge is 2.82. The van der Waals surface area contributed by atoms with Gasteiger partial charge < -0.3 is 29.2 Å². The van der Waals surface area contributed by atoms with Crippen LogP contribution in [0.25, 0.3) is 0 Å². The number of benzene rings is 1. The van der Waals surface area contributed by atoms with Crippen LogP contribution in [0.5, 0.6) is 11.5 Å². The normalized spacial score (nSPS) is 40.4. The van der Waals surface area contributed by atoms with Crippen LogP contribution in [-0.2, 0) is 25.7 Å². The van der Waals surface area contributed by atoms with Crippen LogP contribution in [0.3, 0.4) is 0 Å². The molecule has 8 rings (SSSR count). The number of nitrogens with zero attached hydrogens (tertiary/aromatic N) is 3. The second-order valence-electron chi connectivity index (χ2n) is 16.5. The van der Waals surface area contributed by atoms with Gasteiger partial charge in [-0.15, -0.1) is 5.10 Å². The Balaban J connectivity index is 0.982. The highest BCUT2D eigenvalue weighted by molar-refractivity contribution is 5.90. The molecule has 0 bridgehead atoms. The highest BCUT2D eigenvalue weighted by Crippen LogP contribution is 2.74. The molecule has 12 atom stereocenters. The number of hydrogen-bond donors (Lipinski definition) is 2. The predicted octanol–water partition coefficient (Wildman–Crippen LogP) is 4.42. The maximum Gasteiger partial charge on any atom is 0.336 e. The second kappa shape index (κ2) is 12.2. The van der Waals surface area contributed by atoms with Gasteiger partial charge in [0.15, 0.2) is 6.29 Å². The summed E-state index contributed by atoms with van der Waals surface area (Å²) in [6, 6.07) is 4.35. The number of carbonyl (C=O) groups is 3. The lowest BCUT2D eigenvalue weighted by molar-refractivity contribution is -0.172. The third-order valence-corrected chi connectivity index (χ3v) is 14.6. The van der Waals surface area contributed by atoms with Crippen LogP contribution in [0.4, 0.5) is 0 Å². The van der Waals surface area contributed by atoms with Crippen molar-refractivity contribution in [2.45, 2.75) is 109 Å². The molecule has 0 amide bonds. The largest absolute Gasteiger partial charge is 0.497 e. The molecule has 12 heteroatoms. The van der Waals surface area contributed by atoms with E-state index in [0.29, 0.717) is 58.8 Å². The number of epoxide rings is 1.